The van der Waals surface area contributed by atoms with Crippen molar-refractivity contribution in [1.82, 2.24) is 15.3 Å². The van der Waals surface area contributed by atoms with Gasteiger partial charge >= 0.3 is 0 Å². The first-order valence-corrected chi connectivity index (χ1v) is 6.69. The van der Waals surface area contributed by atoms with Crippen LogP contribution in [0.2, 0.25) is 5.02 Å². The Morgan fingerprint density at radius 1 is 1.26 bits per heavy atom. The summed E-state index contributed by atoms with van der Waals surface area (Å²) in [5, 5.41) is 4.05. The summed E-state index contributed by atoms with van der Waals surface area (Å²) in [6.45, 7) is 4.03. The van der Waals surface area contributed by atoms with Crippen molar-refractivity contribution < 1.29 is 0 Å². The second-order valence-electron chi connectivity index (χ2n) is 4.70. The van der Waals surface area contributed by atoms with Crippen LogP contribution < -0.4 is 5.32 Å². The third kappa shape index (κ3) is 3.52. The molecule has 4 heteroatoms. The van der Waals surface area contributed by atoms with E-state index in [1.165, 1.54) is 5.56 Å². The van der Waals surface area contributed by atoms with E-state index >= 15 is 0 Å². The minimum absolute atomic E-state index is 0.222. The molecule has 2 heterocycles. The molecule has 0 radical (unpaired) electrons. The minimum Gasteiger partial charge on any atom is -0.313 e. The number of halogens is 1. The molecule has 1 atom stereocenters. The number of likely N-dealkylation sites (N-methyl/N-ethyl adjacent to an activating group) is 1. The first-order valence-electron chi connectivity index (χ1n) is 6.31. The van der Waals surface area contributed by atoms with E-state index in [0.717, 1.165) is 23.4 Å². The number of hydrogen-bond donors (Lipinski definition) is 1. The number of nitrogens with zero attached hydrogens (tertiary/aromatic N) is 2. The van der Waals surface area contributed by atoms with E-state index < -0.39 is 0 Å². The van der Waals surface area contributed by atoms with Crippen molar-refractivity contribution in [3.05, 3.63) is 58.1 Å². The molecule has 0 amide bonds. The highest BCUT2D eigenvalue weighted by atomic mass is 35.5. The van der Waals surface area contributed by atoms with Crippen molar-refractivity contribution in [2.24, 2.45) is 0 Å². The first kappa shape index (κ1) is 14.0. The molecule has 1 N–H and O–H groups in total. The van der Waals surface area contributed by atoms with Gasteiger partial charge in [-0.05, 0) is 56.6 Å². The minimum atomic E-state index is 0.222. The van der Waals surface area contributed by atoms with E-state index in [4.69, 9.17) is 11.6 Å². The fourth-order valence-electron chi connectivity index (χ4n) is 2.24. The molecular formula is C15H18ClN3. The highest BCUT2D eigenvalue weighted by Crippen LogP contribution is 2.23. The maximum absolute atomic E-state index is 6.17. The normalized spacial score (nSPS) is 12.4. The van der Waals surface area contributed by atoms with Crippen LogP contribution in [0.4, 0.5) is 0 Å². The Hall–Kier alpha value is -1.45. The lowest BCUT2D eigenvalue weighted by molar-refractivity contribution is 0.590. The molecule has 1 unspecified atom stereocenters. The Labute approximate surface area is 119 Å². The number of rotatable bonds is 4. The summed E-state index contributed by atoms with van der Waals surface area (Å²) in [4.78, 5) is 8.43. The number of aromatic nitrogens is 2. The van der Waals surface area contributed by atoms with Gasteiger partial charge in [0.25, 0.3) is 0 Å². The molecule has 100 valence electrons. The van der Waals surface area contributed by atoms with Crippen LogP contribution in [-0.4, -0.2) is 17.0 Å². The van der Waals surface area contributed by atoms with E-state index in [9.17, 15) is 0 Å². The van der Waals surface area contributed by atoms with Gasteiger partial charge in [-0.1, -0.05) is 11.6 Å². The van der Waals surface area contributed by atoms with Gasteiger partial charge in [-0.2, -0.15) is 0 Å². The van der Waals surface area contributed by atoms with Crippen molar-refractivity contribution in [3.8, 4) is 0 Å². The number of pyridine rings is 2. The fourth-order valence-corrected chi connectivity index (χ4v) is 2.44. The first-order chi connectivity index (χ1) is 9.10. The summed E-state index contributed by atoms with van der Waals surface area (Å²) in [6, 6.07) is 6.42. The van der Waals surface area contributed by atoms with E-state index in [-0.39, 0.29) is 6.04 Å². The van der Waals surface area contributed by atoms with Crippen LogP contribution in [0.25, 0.3) is 0 Å². The summed E-state index contributed by atoms with van der Waals surface area (Å²) < 4.78 is 0. The van der Waals surface area contributed by atoms with Crippen LogP contribution in [0, 0.1) is 13.8 Å². The lowest BCUT2D eigenvalue weighted by atomic mass is 9.99. The van der Waals surface area contributed by atoms with Gasteiger partial charge in [0.1, 0.15) is 0 Å². The molecule has 2 aromatic rings. The average Bonchev–Trinajstić information content (AvgIpc) is 2.36. The highest BCUT2D eigenvalue weighted by molar-refractivity contribution is 6.31. The second kappa shape index (κ2) is 6.13. The summed E-state index contributed by atoms with van der Waals surface area (Å²) in [5.74, 6) is 0. The van der Waals surface area contributed by atoms with Gasteiger partial charge < -0.3 is 5.32 Å². The van der Waals surface area contributed by atoms with Crippen molar-refractivity contribution >= 4 is 11.6 Å². The Morgan fingerprint density at radius 3 is 2.53 bits per heavy atom. The van der Waals surface area contributed by atoms with Crippen molar-refractivity contribution in [3.63, 3.8) is 0 Å². The van der Waals surface area contributed by atoms with Crippen molar-refractivity contribution in [2.75, 3.05) is 7.05 Å². The second-order valence-corrected chi connectivity index (χ2v) is 5.10. The molecule has 0 saturated heterocycles. The van der Waals surface area contributed by atoms with Gasteiger partial charge in [-0.25, -0.2) is 0 Å². The van der Waals surface area contributed by atoms with Crippen LogP contribution in [0.5, 0.6) is 0 Å². The summed E-state index contributed by atoms with van der Waals surface area (Å²) in [7, 11) is 1.96. The fraction of sp³-hybridized carbons (Fsp3) is 0.333. The number of nitrogens with one attached hydrogen (secondary N) is 1. The van der Waals surface area contributed by atoms with E-state index in [1.54, 1.807) is 12.4 Å². The monoisotopic (exact) mass is 275 g/mol. The van der Waals surface area contributed by atoms with Crippen LogP contribution in [0.1, 0.15) is 28.6 Å². The third-order valence-electron chi connectivity index (χ3n) is 3.14. The molecule has 0 aliphatic carbocycles. The molecule has 0 spiro atoms. The average molecular weight is 276 g/mol. The standard InChI is InChI=1S/C15H18ClN3/c1-10-6-13(7-11(2)19-10)15(17-3)8-12-4-5-18-9-14(12)16/h4-7,9,15,17H,8H2,1-3H3. The van der Waals surface area contributed by atoms with Gasteiger partial charge in [-0.3, -0.25) is 9.97 Å². The lowest BCUT2D eigenvalue weighted by Crippen LogP contribution is -2.19. The van der Waals surface area contributed by atoms with E-state index in [0.29, 0.717) is 5.02 Å². The topological polar surface area (TPSA) is 37.8 Å². The summed E-state index contributed by atoms with van der Waals surface area (Å²) in [6.07, 6.45) is 4.30. The van der Waals surface area contributed by atoms with Crippen molar-refractivity contribution in [1.29, 1.82) is 0 Å². The largest absolute Gasteiger partial charge is 0.313 e. The zero-order valence-electron chi connectivity index (χ0n) is 11.4. The van der Waals surface area contributed by atoms with Gasteiger partial charge in [-0.15, -0.1) is 0 Å². The summed E-state index contributed by atoms with van der Waals surface area (Å²) >= 11 is 6.17. The maximum Gasteiger partial charge on any atom is 0.0622 e. The Kier molecular flexibility index (Phi) is 4.51. The van der Waals surface area contributed by atoms with Gasteiger partial charge in [0.15, 0.2) is 0 Å². The van der Waals surface area contributed by atoms with Crippen molar-refractivity contribution in [2.45, 2.75) is 26.3 Å². The van der Waals surface area contributed by atoms with E-state index in [1.807, 2.05) is 27.0 Å². The quantitative estimate of drug-likeness (QED) is 0.931. The van der Waals surface area contributed by atoms with Gasteiger partial charge in [0.2, 0.25) is 0 Å². The van der Waals surface area contributed by atoms with Crippen LogP contribution in [0.3, 0.4) is 0 Å². The molecule has 0 saturated carbocycles. The SMILES string of the molecule is CNC(Cc1ccncc1Cl)c1cc(C)nc(C)c1. The Balaban J connectivity index is 2.28. The number of aryl methyl sites for hydroxylation is 2. The summed E-state index contributed by atoms with van der Waals surface area (Å²) in [5.41, 5.74) is 4.41. The van der Waals surface area contributed by atoms with Crippen LogP contribution in [-0.2, 0) is 6.42 Å². The Morgan fingerprint density at radius 2 is 1.95 bits per heavy atom. The zero-order chi connectivity index (χ0) is 13.8. The van der Waals surface area contributed by atoms with E-state index in [2.05, 4.69) is 27.4 Å². The molecule has 0 fully saturated rings. The van der Waals surface area contributed by atoms with Crippen LogP contribution >= 0.6 is 11.6 Å². The molecule has 3 nitrogen and oxygen atoms in total. The van der Waals surface area contributed by atoms with Gasteiger partial charge in [0, 0.05) is 29.8 Å². The smallest absolute Gasteiger partial charge is 0.0622 e. The Bertz CT molecular complexity index is 549. The zero-order valence-corrected chi connectivity index (χ0v) is 12.2. The molecule has 0 bridgehead atoms. The molecule has 0 aliphatic rings. The molecule has 2 rings (SSSR count). The highest BCUT2D eigenvalue weighted by Gasteiger charge is 2.13. The molecule has 2 aromatic heterocycles. The number of hydrogen-bond acceptors (Lipinski definition) is 3. The molecular weight excluding hydrogens is 258 g/mol. The predicted octanol–water partition coefficient (Wildman–Crippen LogP) is 3.25. The third-order valence-corrected chi connectivity index (χ3v) is 3.48. The molecule has 0 aliphatic heterocycles. The maximum atomic E-state index is 6.17. The van der Waals surface area contributed by atoms with Gasteiger partial charge in [0.05, 0.1) is 5.02 Å². The van der Waals surface area contributed by atoms with Crippen LogP contribution in [0.15, 0.2) is 30.6 Å². The lowest BCUT2D eigenvalue weighted by Gasteiger charge is -2.18. The molecule has 0 aromatic carbocycles. The predicted molar refractivity (Wildman–Crippen MR) is 78.5 cm³/mol. The molecule has 19 heavy (non-hydrogen) atoms.